The fourth-order valence-electron chi connectivity index (χ4n) is 1.18. The second-order valence-corrected chi connectivity index (χ2v) is 4.62. The number of thiazole rings is 1. The SMILES string of the molecule is N#CSc1ccc(NC(=O)c2cscn2)cc1. The molecule has 0 spiro atoms. The number of nitrogens with one attached hydrogen (secondary N) is 1. The number of nitrogens with zero attached hydrogens (tertiary/aromatic N) is 2. The Bertz CT molecular complexity index is 543. The predicted octanol–water partition coefficient (Wildman–Crippen LogP) is 2.97. The van der Waals surface area contributed by atoms with Crippen LogP contribution >= 0.6 is 23.1 Å². The van der Waals surface area contributed by atoms with Crippen LogP contribution in [0.1, 0.15) is 10.5 Å². The van der Waals surface area contributed by atoms with Crippen molar-refractivity contribution in [3.8, 4) is 5.40 Å². The topological polar surface area (TPSA) is 65.8 Å². The fraction of sp³-hybridized carbons (Fsp3) is 0. The molecule has 1 N–H and O–H groups in total. The third-order valence-corrected chi connectivity index (χ3v) is 3.13. The van der Waals surface area contributed by atoms with Gasteiger partial charge >= 0.3 is 0 Å². The molecule has 84 valence electrons. The predicted molar refractivity (Wildman–Crippen MR) is 68.0 cm³/mol. The van der Waals surface area contributed by atoms with Crippen LogP contribution in [0.4, 0.5) is 5.69 Å². The van der Waals surface area contributed by atoms with Crippen molar-refractivity contribution in [2.45, 2.75) is 4.90 Å². The highest BCUT2D eigenvalue weighted by atomic mass is 32.2. The van der Waals surface area contributed by atoms with E-state index < -0.39 is 0 Å². The lowest BCUT2D eigenvalue weighted by molar-refractivity contribution is 0.102. The van der Waals surface area contributed by atoms with Crippen LogP contribution in [0, 0.1) is 10.7 Å². The highest BCUT2D eigenvalue weighted by Gasteiger charge is 2.07. The molecule has 0 bridgehead atoms. The smallest absolute Gasteiger partial charge is 0.275 e. The molecule has 2 aromatic rings. The van der Waals surface area contributed by atoms with E-state index in [0.717, 1.165) is 16.7 Å². The molecule has 0 fully saturated rings. The largest absolute Gasteiger partial charge is 0.321 e. The van der Waals surface area contributed by atoms with Crippen molar-refractivity contribution in [1.82, 2.24) is 4.98 Å². The maximum absolute atomic E-state index is 11.7. The van der Waals surface area contributed by atoms with Gasteiger partial charge in [-0.15, -0.1) is 11.3 Å². The zero-order chi connectivity index (χ0) is 12.1. The summed E-state index contributed by atoms with van der Waals surface area (Å²) >= 11 is 2.46. The summed E-state index contributed by atoms with van der Waals surface area (Å²) in [5.74, 6) is -0.230. The Hall–Kier alpha value is -1.84. The number of carbonyl (C=O) groups is 1. The van der Waals surface area contributed by atoms with E-state index in [-0.39, 0.29) is 5.91 Å². The third-order valence-electron chi connectivity index (χ3n) is 1.94. The molecule has 0 saturated heterocycles. The van der Waals surface area contributed by atoms with Crippen molar-refractivity contribution in [3.05, 3.63) is 40.8 Å². The van der Waals surface area contributed by atoms with Crippen LogP contribution in [-0.4, -0.2) is 10.9 Å². The molecular weight excluding hydrogens is 254 g/mol. The number of amides is 1. The summed E-state index contributed by atoms with van der Waals surface area (Å²) in [5, 5.41) is 14.9. The second-order valence-electron chi connectivity index (χ2n) is 3.05. The zero-order valence-corrected chi connectivity index (χ0v) is 10.2. The number of carbonyl (C=O) groups excluding carboxylic acids is 1. The van der Waals surface area contributed by atoms with Gasteiger partial charge in [0.05, 0.1) is 5.51 Å². The van der Waals surface area contributed by atoms with Crippen LogP contribution in [0.25, 0.3) is 0 Å². The normalized spacial score (nSPS) is 9.59. The third kappa shape index (κ3) is 3.06. The van der Waals surface area contributed by atoms with Crippen LogP contribution in [0.2, 0.25) is 0 Å². The van der Waals surface area contributed by atoms with E-state index >= 15 is 0 Å². The molecule has 1 aromatic carbocycles. The van der Waals surface area contributed by atoms with E-state index in [1.54, 1.807) is 35.2 Å². The quantitative estimate of drug-likeness (QED) is 0.681. The molecule has 0 aliphatic rings. The molecule has 0 aliphatic heterocycles. The summed E-state index contributed by atoms with van der Waals surface area (Å²) in [4.78, 5) is 16.4. The standard InChI is InChI=1S/C11H7N3OS2/c12-6-17-9-3-1-8(2-4-9)14-11(15)10-5-16-7-13-10/h1-5,7H,(H,14,15). The molecule has 0 saturated carbocycles. The number of thioether (sulfide) groups is 1. The van der Waals surface area contributed by atoms with Gasteiger partial charge in [-0.2, -0.15) is 5.26 Å². The van der Waals surface area contributed by atoms with E-state index in [1.807, 2.05) is 5.40 Å². The molecular formula is C11H7N3OS2. The van der Waals surface area contributed by atoms with Gasteiger partial charge in [0.1, 0.15) is 11.1 Å². The number of benzene rings is 1. The monoisotopic (exact) mass is 261 g/mol. The van der Waals surface area contributed by atoms with E-state index in [0.29, 0.717) is 11.4 Å². The van der Waals surface area contributed by atoms with E-state index in [1.165, 1.54) is 11.3 Å². The number of aromatic nitrogens is 1. The summed E-state index contributed by atoms with van der Waals surface area (Å²) in [6.45, 7) is 0. The Balaban J connectivity index is 2.05. The first-order valence-electron chi connectivity index (χ1n) is 4.65. The molecule has 0 radical (unpaired) electrons. The van der Waals surface area contributed by atoms with Crippen LogP contribution in [0.15, 0.2) is 40.1 Å². The molecule has 0 aliphatic carbocycles. The lowest BCUT2D eigenvalue weighted by Gasteiger charge is -2.03. The summed E-state index contributed by atoms with van der Waals surface area (Å²) in [6, 6.07) is 7.07. The number of hydrogen-bond acceptors (Lipinski definition) is 5. The average Bonchev–Trinajstić information content (AvgIpc) is 2.86. The first-order valence-corrected chi connectivity index (χ1v) is 6.41. The van der Waals surface area contributed by atoms with Crippen molar-refractivity contribution < 1.29 is 4.79 Å². The zero-order valence-electron chi connectivity index (χ0n) is 8.58. The Kier molecular flexibility index (Phi) is 3.75. The minimum atomic E-state index is -0.230. The fourth-order valence-corrected chi connectivity index (χ4v) is 2.09. The first kappa shape index (κ1) is 11.6. The Morgan fingerprint density at radius 3 is 2.76 bits per heavy atom. The lowest BCUT2D eigenvalue weighted by Crippen LogP contribution is -2.11. The number of anilines is 1. The first-order chi connectivity index (χ1) is 8.29. The van der Waals surface area contributed by atoms with Gasteiger partial charge in [-0.25, -0.2) is 4.98 Å². The van der Waals surface area contributed by atoms with Crippen LogP contribution < -0.4 is 5.32 Å². The van der Waals surface area contributed by atoms with Crippen LogP contribution in [0.5, 0.6) is 0 Å². The van der Waals surface area contributed by atoms with Gasteiger partial charge in [-0.3, -0.25) is 4.79 Å². The van der Waals surface area contributed by atoms with Gasteiger partial charge in [0.15, 0.2) is 0 Å². The highest BCUT2D eigenvalue weighted by Crippen LogP contribution is 2.19. The number of nitriles is 1. The van der Waals surface area contributed by atoms with Crippen molar-refractivity contribution in [2.75, 3.05) is 5.32 Å². The van der Waals surface area contributed by atoms with Crippen molar-refractivity contribution in [2.24, 2.45) is 0 Å². The summed E-state index contributed by atoms with van der Waals surface area (Å²) in [5.41, 5.74) is 2.71. The maximum Gasteiger partial charge on any atom is 0.275 e. The van der Waals surface area contributed by atoms with Gasteiger partial charge in [0, 0.05) is 16.0 Å². The summed E-state index contributed by atoms with van der Waals surface area (Å²) < 4.78 is 0. The molecule has 17 heavy (non-hydrogen) atoms. The van der Waals surface area contributed by atoms with Gasteiger partial charge in [0.2, 0.25) is 0 Å². The van der Waals surface area contributed by atoms with E-state index in [4.69, 9.17) is 5.26 Å². The van der Waals surface area contributed by atoms with Crippen LogP contribution in [0.3, 0.4) is 0 Å². The highest BCUT2D eigenvalue weighted by molar-refractivity contribution is 8.03. The minimum Gasteiger partial charge on any atom is -0.321 e. The molecule has 2 rings (SSSR count). The van der Waals surface area contributed by atoms with Crippen molar-refractivity contribution in [3.63, 3.8) is 0 Å². The molecule has 4 nitrogen and oxygen atoms in total. The van der Waals surface area contributed by atoms with Gasteiger partial charge in [-0.1, -0.05) is 0 Å². The number of hydrogen-bond donors (Lipinski definition) is 1. The summed E-state index contributed by atoms with van der Waals surface area (Å²) in [7, 11) is 0. The molecule has 0 atom stereocenters. The van der Waals surface area contributed by atoms with Crippen LogP contribution in [-0.2, 0) is 0 Å². The summed E-state index contributed by atoms with van der Waals surface area (Å²) in [6.07, 6.45) is 0. The second kappa shape index (κ2) is 5.48. The van der Waals surface area contributed by atoms with E-state index in [9.17, 15) is 4.79 Å². The number of rotatable bonds is 3. The maximum atomic E-state index is 11.7. The average molecular weight is 261 g/mol. The Morgan fingerprint density at radius 2 is 2.18 bits per heavy atom. The molecule has 1 amide bonds. The van der Waals surface area contributed by atoms with Gasteiger partial charge in [-0.05, 0) is 36.0 Å². The lowest BCUT2D eigenvalue weighted by atomic mass is 10.3. The van der Waals surface area contributed by atoms with Crippen molar-refractivity contribution >= 4 is 34.7 Å². The molecule has 1 aromatic heterocycles. The Morgan fingerprint density at radius 1 is 1.41 bits per heavy atom. The number of thiocyanates is 1. The molecule has 6 heteroatoms. The van der Waals surface area contributed by atoms with Gasteiger partial charge in [0.25, 0.3) is 5.91 Å². The van der Waals surface area contributed by atoms with Gasteiger partial charge < -0.3 is 5.32 Å². The van der Waals surface area contributed by atoms with E-state index in [2.05, 4.69) is 10.3 Å². The molecule has 0 unspecified atom stereocenters. The Labute approximate surface area is 106 Å². The molecule has 1 heterocycles. The van der Waals surface area contributed by atoms with Crippen molar-refractivity contribution in [1.29, 1.82) is 5.26 Å². The minimum absolute atomic E-state index is 0.230.